The fourth-order valence-electron chi connectivity index (χ4n) is 4.50. The number of nitro groups is 1. The first-order valence-electron chi connectivity index (χ1n) is 10.1. The molecule has 2 aromatic carbocycles. The lowest BCUT2D eigenvalue weighted by Gasteiger charge is -2.34. The Balaban J connectivity index is 1.71. The van der Waals surface area contributed by atoms with Crippen LogP contribution in [0.25, 0.3) is 0 Å². The molecule has 12 heteroatoms. The SMILES string of the molecule is CC(C)c1ccc2c(c1)OC1(O)c3cccc([N+](=O)[O-])c3C(=O)C21NC(=O)Cn1cnnn1. The highest BCUT2D eigenvalue weighted by atomic mass is 16.6. The van der Waals surface area contributed by atoms with Crippen LogP contribution in [-0.4, -0.2) is 41.9 Å². The average molecular weight is 450 g/mol. The Hall–Kier alpha value is -4.19. The lowest BCUT2D eigenvalue weighted by atomic mass is 9.82. The molecule has 12 nitrogen and oxygen atoms in total. The van der Waals surface area contributed by atoms with E-state index in [2.05, 4.69) is 20.8 Å². The summed E-state index contributed by atoms with van der Waals surface area (Å²) in [5.41, 5.74) is -1.93. The molecule has 2 unspecified atom stereocenters. The number of hydrogen-bond donors (Lipinski definition) is 2. The van der Waals surface area contributed by atoms with Crippen LogP contribution in [0.15, 0.2) is 42.7 Å². The molecule has 0 bridgehead atoms. The van der Waals surface area contributed by atoms with E-state index in [0.29, 0.717) is 0 Å². The number of benzene rings is 2. The largest absolute Gasteiger partial charge is 0.454 e. The van der Waals surface area contributed by atoms with Gasteiger partial charge in [0.15, 0.2) is 0 Å². The molecule has 2 N–H and O–H groups in total. The van der Waals surface area contributed by atoms with Crippen molar-refractivity contribution in [3.63, 3.8) is 0 Å². The summed E-state index contributed by atoms with van der Waals surface area (Å²) in [6.45, 7) is 3.59. The summed E-state index contributed by atoms with van der Waals surface area (Å²) < 4.78 is 7.07. The van der Waals surface area contributed by atoms with Crippen molar-refractivity contribution in [2.75, 3.05) is 0 Å². The van der Waals surface area contributed by atoms with Crippen molar-refractivity contribution in [2.45, 2.75) is 37.6 Å². The molecule has 1 amide bonds. The molecule has 3 aromatic rings. The Morgan fingerprint density at radius 2 is 2.09 bits per heavy atom. The van der Waals surface area contributed by atoms with Crippen molar-refractivity contribution in [2.24, 2.45) is 0 Å². The van der Waals surface area contributed by atoms with Crippen molar-refractivity contribution in [1.82, 2.24) is 25.5 Å². The van der Waals surface area contributed by atoms with Crippen molar-refractivity contribution < 1.29 is 24.4 Å². The number of amides is 1. The predicted octanol–water partition coefficient (Wildman–Crippen LogP) is 1.15. The van der Waals surface area contributed by atoms with E-state index in [1.807, 2.05) is 13.8 Å². The number of ketones is 1. The summed E-state index contributed by atoms with van der Waals surface area (Å²) in [6, 6.07) is 8.95. The van der Waals surface area contributed by atoms with Gasteiger partial charge in [-0.05, 0) is 28.0 Å². The van der Waals surface area contributed by atoms with Crippen LogP contribution in [-0.2, 0) is 22.7 Å². The molecule has 5 rings (SSSR count). The van der Waals surface area contributed by atoms with E-state index in [0.717, 1.165) is 10.2 Å². The van der Waals surface area contributed by atoms with Crippen LogP contribution in [0.3, 0.4) is 0 Å². The molecule has 1 aliphatic heterocycles. The first-order chi connectivity index (χ1) is 15.7. The average Bonchev–Trinajstić information content (AvgIpc) is 3.41. The van der Waals surface area contributed by atoms with Crippen LogP contribution in [0.1, 0.15) is 46.8 Å². The number of tetrazole rings is 1. The minimum atomic E-state index is -2.39. The maximum Gasteiger partial charge on any atom is 0.280 e. The summed E-state index contributed by atoms with van der Waals surface area (Å²) in [7, 11) is 0. The topological polar surface area (TPSA) is 162 Å². The van der Waals surface area contributed by atoms with E-state index < -0.39 is 33.6 Å². The van der Waals surface area contributed by atoms with Gasteiger partial charge in [0.25, 0.3) is 11.5 Å². The first kappa shape index (κ1) is 20.7. The second-order valence-corrected chi connectivity index (χ2v) is 8.25. The van der Waals surface area contributed by atoms with Gasteiger partial charge in [-0.2, -0.15) is 0 Å². The molecular formula is C21H18N6O6. The van der Waals surface area contributed by atoms with Gasteiger partial charge >= 0.3 is 0 Å². The number of fused-ring (bicyclic) bond motifs is 5. The van der Waals surface area contributed by atoms with E-state index in [4.69, 9.17) is 4.74 Å². The molecular weight excluding hydrogens is 432 g/mol. The summed E-state index contributed by atoms with van der Waals surface area (Å²) in [5.74, 6) is -3.60. The fourth-order valence-corrected chi connectivity index (χ4v) is 4.50. The fraction of sp³-hybridized carbons (Fsp3) is 0.286. The third-order valence-corrected chi connectivity index (χ3v) is 6.04. The number of Topliss-reactive ketones (excluding diaryl/α,β-unsaturated/α-hetero) is 1. The van der Waals surface area contributed by atoms with Gasteiger partial charge in [-0.3, -0.25) is 19.7 Å². The highest BCUT2D eigenvalue weighted by molar-refractivity contribution is 6.14. The van der Waals surface area contributed by atoms with Gasteiger partial charge in [-0.25, -0.2) is 4.68 Å². The number of nitrogens with one attached hydrogen (secondary N) is 1. The van der Waals surface area contributed by atoms with Crippen LogP contribution < -0.4 is 10.1 Å². The molecule has 0 saturated carbocycles. The summed E-state index contributed by atoms with van der Waals surface area (Å²) >= 11 is 0. The molecule has 0 spiro atoms. The van der Waals surface area contributed by atoms with Gasteiger partial charge in [0.05, 0.1) is 4.92 Å². The van der Waals surface area contributed by atoms with Crippen molar-refractivity contribution in [3.8, 4) is 5.75 Å². The number of ether oxygens (including phenoxy) is 1. The van der Waals surface area contributed by atoms with E-state index in [1.54, 1.807) is 18.2 Å². The summed E-state index contributed by atoms with van der Waals surface area (Å²) in [6.07, 6.45) is 1.22. The van der Waals surface area contributed by atoms with Crippen molar-refractivity contribution in [3.05, 3.63) is 75.1 Å². The quantitative estimate of drug-likeness (QED) is 0.429. The molecule has 2 atom stereocenters. The molecule has 0 radical (unpaired) electrons. The summed E-state index contributed by atoms with van der Waals surface area (Å²) in [4.78, 5) is 37.8. The third kappa shape index (κ3) is 2.70. The molecule has 1 aliphatic carbocycles. The van der Waals surface area contributed by atoms with Gasteiger partial charge in [0, 0.05) is 17.2 Å². The maximum atomic E-state index is 13.8. The van der Waals surface area contributed by atoms with Gasteiger partial charge in [-0.15, -0.1) is 5.10 Å². The minimum absolute atomic E-state index is 0.0910. The van der Waals surface area contributed by atoms with Crippen LogP contribution in [0.5, 0.6) is 5.75 Å². The second-order valence-electron chi connectivity index (χ2n) is 8.25. The zero-order chi connectivity index (χ0) is 23.5. The Kier molecular flexibility index (Phi) is 4.33. The lowest BCUT2D eigenvalue weighted by Crippen LogP contribution is -2.60. The zero-order valence-electron chi connectivity index (χ0n) is 17.6. The Labute approximate surface area is 186 Å². The molecule has 2 aliphatic rings. The third-order valence-electron chi connectivity index (χ3n) is 6.04. The Bertz CT molecular complexity index is 1320. The molecule has 0 saturated heterocycles. The van der Waals surface area contributed by atoms with Crippen LogP contribution in [0.2, 0.25) is 0 Å². The van der Waals surface area contributed by atoms with Crippen LogP contribution in [0.4, 0.5) is 5.69 Å². The van der Waals surface area contributed by atoms with Crippen LogP contribution in [0, 0.1) is 10.1 Å². The minimum Gasteiger partial charge on any atom is -0.454 e. The molecule has 168 valence electrons. The zero-order valence-corrected chi connectivity index (χ0v) is 17.6. The number of aromatic nitrogens is 4. The number of nitrogens with zero attached hydrogens (tertiary/aromatic N) is 5. The normalized spacial score (nSPS) is 22.5. The molecule has 2 heterocycles. The van der Waals surface area contributed by atoms with Gasteiger partial charge in [0.1, 0.15) is 24.2 Å². The number of rotatable bonds is 5. The van der Waals surface area contributed by atoms with E-state index in [-0.39, 0.29) is 34.9 Å². The predicted molar refractivity (Wildman–Crippen MR) is 110 cm³/mol. The highest BCUT2D eigenvalue weighted by Crippen LogP contribution is 2.59. The first-order valence-corrected chi connectivity index (χ1v) is 10.1. The van der Waals surface area contributed by atoms with E-state index in [1.165, 1.54) is 24.5 Å². The van der Waals surface area contributed by atoms with Gasteiger partial charge in [0.2, 0.25) is 17.2 Å². The van der Waals surface area contributed by atoms with E-state index >= 15 is 0 Å². The Morgan fingerprint density at radius 3 is 2.76 bits per heavy atom. The second kappa shape index (κ2) is 6.90. The smallest absolute Gasteiger partial charge is 0.280 e. The molecule has 33 heavy (non-hydrogen) atoms. The maximum absolute atomic E-state index is 13.8. The monoisotopic (exact) mass is 450 g/mol. The number of aliphatic hydroxyl groups is 1. The lowest BCUT2D eigenvalue weighted by molar-refractivity contribution is -0.385. The molecule has 0 fully saturated rings. The Morgan fingerprint density at radius 1 is 1.30 bits per heavy atom. The summed E-state index contributed by atoms with van der Waals surface area (Å²) in [5, 5.41) is 36.6. The number of nitro benzene ring substituents is 1. The van der Waals surface area contributed by atoms with Gasteiger partial charge < -0.3 is 15.2 Å². The van der Waals surface area contributed by atoms with Crippen molar-refractivity contribution in [1.29, 1.82) is 0 Å². The van der Waals surface area contributed by atoms with Gasteiger partial charge in [-0.1, -0.05) is 38.1 Å². The van der Waals surface area contributed by atoms with E-state index in [9.17, 15) is 24.8 Å². The molecule has 1 aromatic heterocycles. The number of hydrogen-bond acceptors (Lipinski definition) is 9. The number of carbonyl (C=O) groups excluding carboxylic acids is 2. The van der Waals surface area contributed by atoms with Crippen LogP contribution >= 0.6 is 0 Å². The number of carbonyl (C=O) groups is 2. The highest BCUT2D eigenvalue weighted by Gasteiger charge is 2.73. The standard InChI is InChI=1S/C21H18N6O6/c1-11(2)12-6-7-13-16(8-12)33-21(30)14-4-3-5-15(27(31)32)18(14)19(29)20(13,21)23-17(28)9-26-10-22-24-25-26/h3-8,10-11,30H,9H2,1-2H3,(H,23,28). The van der Waals surface area contributed by atoms with Crippen molar-refractivity contribution >= 4 is 17.4 Å².